The number of carbonyl (C=O) groups excluding carboxylic acids is 1. The van der Waals surface area contributed by atoms with Crippen LogP contribution in [-0.2, 0) is 9.53 Å². The summed E-state index contributed by atoms with van der Waals surface area (Å²) in [7, 11) is 3.07. The van der Waals surface area contributed by atoms with E-state index in [9.17, 15) is 4.79 Å². The quantitative estimate of drug-likeness (QED) is 0.532. The zero-order valence-electron chi connectivity index (χ0n) is 18.1. The second kappa shape index (κ2) is 8.16. The maximum absolute atomic E-state index is 13.2. The molecule has 3 atom stereocenters. The first kappa shape index (κ1) is 20.9. The van der Waals surface area contributed by atoms with Gasteiger partial charge in [0.15, 0.2) is 11.5 Å². The van der Waals surface area contributed by atoms with Gasteiger partial charge in [0.05, 0.1) is 7.11 Å². The fourth-order valence-electron chi connectivity index (χ4n) is 4.92. The largest absolute Gasteiger partial charge is 0.469 e. The van der Waals surface area contributed by atoms with Crippen molar-refractivity contribution in [2.24, 2.45) is 11.7 Å². The van der Waals surface area contributed by atoms with Crippen LogP contribution in [0.1, 0.15) is 29.9 Å². The topological polar surface area (TPSA) is 105 Å². The molecular weight excluding hydrogens is 414 g/mol. The van der Waals surface area contributed by atoms with Crippen LogP contribution < -0.4 is 30.3 Å². The van der Waals surface area contributed by atoms with Gasteiger partial charge < -0.3 is 23.8 Å². The van der Waals surface area contributed by atoms with Crippen LogP contribution in [0.15, 0.2) is 36.4 Å². The van der Waals surface area contributed by atoms with Crippen LogP contribution in [0, 0.1) is 5.92 Å². The normalized spacial score (nSPS) is 26.3. The standard InChI is InChI=1S/C23H27N3O6/c1-25-32-15-7-5-14(6-8-15)20-16-11-18-19(30-13-29-18)12-17(16)31-23(24,21(20)22(27)28-2)26-9-3-4-10-26/h5-8,11-12,20-21,25H,3-4,9-10,13,24H2,1-2H3. The van der Waals surface area contributed by atoms with Gasteiger partial charge in [-0.25, -0.2) is 0 Å². The van der Waals surface area contributed by atoms with Gasteiger partial charge in [-0.2, -0.15) is 5.48 Å². The van der Waals surface area contributed by atoms with E-state index in [4.69, 9.17) is 29.5 Å². The number of hydrogen-bond acceptors (Lipinski definition) is 9. The summed E-state index contributed by atoms with van der Waals surface area (Å²) in [6.45, 7) is 1.62. The lowest BCUT2D eigenvalue weighted by Crippen LogP contribution is -2.68. The molecular formula is C23H27N3O6. The van der Waals surface area contributed by atoms with Crippen molar-refractivity contribution in [2.45, 2.75) is 24.6 Å². The Kier molecular flexibility index (Phi) is 5.32. The van der Waals surface area contributed by atoms with Crippen LogP contribution in [0.4, 0.5) is 0 Å². The molecule has 3 N–H and O–H groups in total. The van der Waals surface area contributed by atoms with Crippen LogP contribution >= 0.6 is 0 Å². The third kappa shape index (κ3) is 3.33. The van der Waals surface area contributed by atoms with E-state index in [0.29, 0.717) is 23.0 Å². The minimum absolute atomic E-state index is 0.138. The fraction of sp³-hybridized carbons (Fsp3) is 0.435. The monoisotopic (exact) mass is 441 g/mol. The number of likely N-dealkylation sites (tertiary alicyclic amines) is 1. The number of ether oxygens (including phenoxy) is 4. The molecule has 1 saturated heterocycles. The van der Waals surface area contributed by atoms with Crippen molar-refractivity contribution in [2.75, 3.05) is 34.0 Å². The number of hydrogen-bond donors (Lipinski definition) is 2. The highest BCUT2D eigenvalue weighted by Crippen LogP contribution is 2.52. The Bertz CT molecular complexity index is 1010. The van der Waals surface area contributed by atoms with Crippen LogP contribution in [0.2, 0.25) is 0 Å². The number of fused-ring (bicyclic) bond motifs is 2. The highest BCUT2D eigenvalue weighted by molar-refractivity contribution is 5.77. The lowest BCUT2D eigenvalue weighted by molar-refractivity contribution is -0.175. The molecule has 3 aliphatic heterocycles. The molecule has 2 aromatic carbocycles. The third-order valence-electron chi connectivity index (χ3n) is 6.41. The van der Waals surface area contributed by atoms with Crippen molar-refractivity contribution in [3.05, 3.63) is 47.5 Å². The molecule has 9 heteroatoms. The van der Waals surface area contributed by atoms with Crippen LogP contribution in [-0.4, -0.2) is 50.8 Å². The van der Waals surface area contributed by atoms with E-state index in [2.05, 4.69) is 5.48 Å². The molecule has 9 nitrogen and oxygen atoms in total. The van der Waals surface area contributed by atoms with Crippen molar-refractivity contribution >= 4 is 5.97 Å². The molecule has 3 unspecified atom stereocenters. The Hall–Kier alpha value is -3.01. The van der Waals surface area contributed by atoms with E-state index in [0.717, 1.165) is 37.1 Å². The van der Waals surface area contributed by atoms with Gasteiger partial charge in [-0.3, -0.25) is 15.4 Å². The lowest BCUT2D eigenvalue weighted by atomic mass is 9.75. The summed E-state index contributed by atoms with van der Waals surface area (Å²) < 4.78 is 22.8. The average molecular weight is 441 g/mol. The molecule has 2 aromatic rings. The van der Waals surface area contributed by atoms with Gasteiger partial charge in [0.2, 0.25) is 12.6 Å². The molecule has 1 fully saturated rings. The summed E-state index contributed by atoms with van der Waals surface area (Å²) in [5, 5.41) is 0. The zero-order chi connectivity index (χ0) is 22.3. The number of carbonyl (C=O) groups is 1. The zero-order valence-corrected chi connectivity index (χ0v) is 18.1. The second-order valence-electron chi connectivity index (χ2n) is 8.15. The fourth-order valence-corrected chi connectivity index (χ4v) is 4.92. The number of rotatable bonds is 5. The van der Waals surface area contributed by atoms with E-state index < -0.39 is 23.7 Å². The van der Waals surface area contributed by atoms with Crippen molar-refractivity contribution in [3.8, 4) is 23.0 Å². The summed E-state index contributed by atoms with van der Waals surface area (Å²) in [6.07, 6.45) is 1.98. The maximum atomic E-state index is 13.2. The molecule has 0 saturated carbocycles. The predicted octanol–water partition coefficient (Wildman–Crippen LogP) is 1.95. The predicted molar refractivity (Wildman–Crippen MR) is 114 cm³/mol. The van der Waals surface area contributed by atoms with E-state index in [1.54, 1.807) is 13.1 Å². The second-order valence-corrected chi connectivity index (χ2v) is 8.15. The van der Waals surface area contributed by atoms with Crippen LogP contribution in [0.25, 0.3) is 0 Å². The molecule has 0 radical (unpaired) electrons. The molecule has 3 aliphatic rings. The van der Waals surface area contributed by atoms with E-state index in [1.165, 1.54) is 7.11 Å². The number of esters is 1. The average Bonchev–Trinajstić information content (AvgIpc) is 3.49. The summed E-state index contributed by atoms with van der Waals surface area (Å²) in [5.41, 5.74) is 11.3. The van der Waals surface area contributed by atoms with Crippen molar-refractivity contribution in [1.82, 2.24) is 10.4 Å². The van der Waals surface area contributed by atoms with Gasteiger partial charge >= 0.3 is 5.97 Å². The maximum Gasteiger partial charge on any atom is 0.316 e. The highest BCUT2D eigenvalue weighted by Gasteiger charge is 2.56. The van der Waals surface area contributed by atoms with E-state index in [-0.39, 0.29) is 6.79 Å². The molecule has 0 bridgehead atoms. The number of nitrogens with one attached hydrogen (secondary N) is 1. The molecule has 32 heavy (non-hydrogen) atoms. The van der Waals surface area contributed by atoms with Gasteiger partial charge in [-0.15, -0.1) is 0 Å². The third-order valence-corrected chi connectivity index (χ3v) is 6.41. The Morgan fingerprint density at radius 3 is 2.47 bits per heavy atom. The van der Waals surface area contributed by atoms with Crippen LogP contribution in [0.5, 0.6) is 23.0 Å². The minimum Gasteiger partial charge on any atom is -0.469 e. The van der Waals surface area contributed by atoms with Crippen molar-refractivity contribution in [1.29, 1.82) is 0 Å². The van der Waals surface area contributed by atoms with Crippen molar-refractivity contribution < 1.29 is 28.6 Å². The summed E-state index contributed by atoms with van der Waals surface area (Å²) in [4.78, 5) is 20.6. The van der Waals surface area contributed by atoms with Gasteiger partial charge in [0.1, 0.15) is 17.4 Å². The van der Waals surface area contributed by atoms with Crippen LogP contribution in [0.3, 0.4) is 0 Å². The minimum atomic E-state index is -1.37. The summed E-state index contributed by atoms with van der Waals surface area (Å²) in [5.74, 6) is -0.573. The number of methoxy groups -OCH3 is 1. The van der Waals surface area contributed by atoms with E-state index >= 15 is 0 Å². The Labute approximate surface area is 186 Å². The first-order valence-corrected chi connectivity index (χ1v) is 10.7. The Balaban J connectivity index is 1.68. The van der Waals surface area contributed by atoms with Gasteiger partial charge in [-0.05, 0) is 36.6 Å². The number of nitrogens with two attached hydrogens (primary N) is 1. The van der Waals surface area contributed by atoms with Gasteiger partial charge in [-0.1, -0.05) is 12.1 Å². The molecule has 0 amide bonds. The van der Waals surface area contributed by atoms with Gasteiger partial charge in [0, 0.05) is 37.7 Å². The molecule has 0 spiro atoms. The highest BCUT2D eigenvalue weighted by atomic mass is 16.7. The number of hydroxylamine groups is 1. The molecule has 0 aliphatic carbocycles. The SMILES string of the molecule is CNOc1ccc(C2c3cc4c(cc3OC(N)(N3CCCC3)C2C(=O)OC)OCO4)cc1. The number of benzene rings is 2. The smallest absolute Gasteiger partial charge is 0.316 e. The molecule has 0 aromatic heterocycles. The first-order chi connectivity index (χ1) is 15.5. The van der Waals surface area contributed by atoms with Crippen molar-refractivity contribution in [3.63, 3.8) is 0 Å². The lowest BCUT2D eigenvalue weighted by Gasteiger charge is -2.49. The molecule has 5 rings (SSSR count). The molecule has 3 heterocycles. The summed E-state index contributed by atoms with van der Waals surface area (Å²) >= 11 is 0. The van der Waals surface area contributed by atoms with Gasteiger partial charge in [0.25, 0.3) is 0 Å². The first-order valence-electron chi connectivity index (χ1n) is 10.7. The summed E-state index contributed by atoms with van der Waals surface area (Å²) in [6, 6.07) is 11.2. The Morgan fingerprint density at radius 2 is 1.81 bits per heavy atom. The van der Waals surface area contributed by atoms with E-state index in [1.807, 2.05) is 35.2 Å². The number of nitrogens with zero attached hydrogens (tertiary/aromatic N) is 1. The molecule has 170 valence electrons. The Morgan fingerprint density at radius 1 is 1.12 bits per heavy atom.